The highest BCUT2D eigenvalue weighted by Crippen LogP contribution is 2.13. The first-order chi connectivity index (χ1) is 8.38. The number of nitrogens with zero attached hydrogens (tertiary/aromatic N) is 1. The number of hydrogen-bond donors (Lipinski definition) is 3. The van der Waals surface area contributed by atoms with E-state index in [1.165, 1.54) is 0 Å². The summed E-state index contributed by atoms with van der Waals surface area (Å²) in [5, 5.41) is 14.4. The maximum absolute atomic E-state index is 11.8. The number of carboxylic acid groups (broad SMARTS) is 1. The van der Waals surface area contributed by atoms with Crippen molar-refractivity contribution in [1.29, 1.82) is 0 Å². The van der Waals surface area contributed by atoms with Crippen LogP contribution in [0.25, 0.3) is 0 Å². The Labute approximate surface area is 109 Å². The van der Waals surface area contributed by atoms with E-state index in [1.54, 1.807) is 11.8 Å². The number of aromatic carboxylic acids is 1. The van der Waals surface area contributed by atoms with E-state index in [0.717, 1.165) is 6.20 Å². The summed E-state index contributed by atoms with van der Waals surface area (Å²) in [5.74, 6) is -1.33. The second-order valence-electron chi connectivity index (χ2n) is 3.65. The largest absolute Gasteiger partial charge is 0.478 e. The van der Waals surface area contributed by atoms with Gasteiger partial charge in [0, 0.05) is 11.8 Å². The molecule has 18 heavy (non-hydrogen) atoms. The van der Waals surface area contributed by atoms with Crippen LogP contribution >= 0.6 is 11.8 Å². The highest BCUT2D eigenvalue weighted by molar-refractivity contribution is 7.99. The Morgan fingerprint density at radius 3 is 2.89 bits per heavy atom. The summed E-state index contributed by atoms with van der Waals surface area (Å²) < 4.78 is 26.0. The first-order valence-corrected chi connectivity index (χ1v) is 7.94. The van der Waals surface area contributed by atoms with Gasteiger partial charge in [-0.1, -0.05) is 6.92 Å². The van der Waals surface area contributed by atoms with Crippen LogP contribution in [0.15, 0.2) is 11.2 Å². The smallest absolute Gasteiger partial charge is 0.340 e. The van der Waals surface area contributed by atoms with Crippen LogP contribution in [-0.2, 0) is 10.0 Å². The van der Waals surface area contributed by atoms with Crippen LogP contribution in [0.5, 0.6) is 0 Å². The maximum Gasteiger partial charge on any atom is 0.340 e. The molecule has 1 heterocycles. The summed E-state index contributed by atoms with van der Waals surface area (Å²) >= 11 is 1.63. The quantitative estimate of drug-likeness (QED) is 0.676. The van der Waals surface area contributed by atoms with Crippen molar-refractivity contribution in [2.45, 2.75) is 23.6 Å². The van der Waals surface area contributed by atoms with Gasteiger partial charge in [0.05, 0.1) is 6.20 Å². The molecule has 1 aromatic rings. The van der Waals surface area contributed by atoms with Crippen LogP contribution in [0, 0.1) is 0 Å². The molecule has 1 unspecified atom stereocenters. The zero-order chi connectivity index (χ0) is 13.8. The van der Waals surface area contributed by atoms with Gasteiger partial charge in [-0.05, 0) is 12.7 Å². The number of aromatic amines is 1. The van der Waals surface area contributed by atoms with Crippen molar-refractivity contribution in [2.24, 2.45) is 0 Å². The summed E-state index contributed by atoms with van der Waals surface area (Å²) in [4.78, 5) is 10.8. The molecule has 0 aliphatic carbocycles. The molecule has 1 rings (SSSR count). The van der Waals surface area contributed by atoms with Crippen LogP contribution in [0.4, 0.5) is 0 Å². The normalized spacial score (nSPS) is 13.4. The summed E-state index contributed by atoms with van der Waals surface area (Å²) in [7, 11) is -3.85. The van der Waals surface area contributed by atoms with Crippen molar-refractivity contribution in [1.82, 2.24) is 14.9 Å². The van der Waals surface area contributed by atoms with Gasteiger partial charge in [-0.15, -0.1) is 0 Å². The van der Waals surface area contributed by atoms with Gasteiger partial charge >= 0.3 is 5.97 Å². The minimum Gasteiger partial charge on any atom is -0.478 e. The van der Waals surface area contributed by atoms with Crippen molar-refractivity contribution in [3.63, 3.8) is 0 Å². The van der Waals surface area contributed by atoms with Crippen LogP contribution in [0.2, 0.25) is 0 Å². The lowest BCUT2D eigenvalue weighted by molar-refractivity contribution is 0.0692. The molecule has 0 saturated carbocycles. The summed E-state index contributed by atoms with van der Waals surface area (Å²) in [5.41, 5.74) is -0.361. The summed E-state index contributed by atoms with van der Waals surface area (Å²) in [6, 6.07) is 0. The minimum atomic E-state index is -3.85. The van der Waals surface area contributed by atoms with E-state index < -0.39 is 21.0 Å². The Hall–Kier alpha value is -1.06. The van der Waals surface area contributed by atoms with Gasteiger partial charge in [0.2, 0.25) is 0 Å². The van der Waals surface area contributed by atoms with Crippen molar-refractivity contribution < 1.29 is 18.3 Å². The number of nitrogens with one attached hydrogen (secondary N) is 2. The first-order valence-electron chi connectivity index (χ1n) is 5.17. The third-order valence-electron chi connectivity index (χ3n) is 2.35. The van der Waals surface area contributed by atoms with E-state index in [4.69, 9.17) is 5.11 Å². The average molecular weight is 293 g/mol. The van der Waals surface area contributed by atoms with E-state index >= 15 is 0 Å². The number of carboxylic acids is 1. The molecular weight excluding hydrogens is 278 g/mol. The van der Waals surface area contributed by atoms with E-state index in [1.807, 2.05) is 13.2 Å². The zero-order valence-corrected chi connectivity index (χ0v) is 11.6. The van der Waals surface area contributed by atoms with Crippen LogP contribution in [-0.4, -0.2) is 47.7 Å². The van der Waals surface area contributed by atoms with Crippen molar-refractivity contribution in [2.75, 3.05) is 12.8 Å². The lowest BCUT2D eigenvalue weighted by Crippen LogP contribution is -2.27. The summed E-state index contributed by atoms with van der Waals surface area (Å²) in [6.07, 6.45) is 3.58. The fraction of sp³-hybridized carbons (Fsp3) is 0.556. The average Bonchev–Trinajstić information content (AvgIpc) is 2.78. The van der Waals surface area contributed by atoms with E-state index in [0.29, 0.717) is 11.7 Å². The molecule has 102 valence electrons. The molecule has 0 saturated heterocycles. The molecule has 1 aromatic heterocycles. The second-order valence-corrected chi connectivity index (χ2v) is 6.63. The number of aromatic nitrogens is 2. The molecular formula is C9H15N3O4S2. The molecule has 0 spiro atoms. The highest BCUT2D eigenvalue weighted by atomic mass is 32.2. The van der Waals surface area contributed by atoms with Crippen LogP contribution in [0.3, 0.4) is 0 Å². The van der Waals surface area contributed by atoms with Gasteiger partial charge in [-0.25, -0.2) is 17.9 Å². The SMILES string of the molecule is CSC(C)CCNS(=O)(=O)c1[nH]ncc1C(=O)O. The Morgan fingerprint density at radius 1 is 1.67 bits per heavy atom. The molecule has 1 atom stereocenters. The Kier molecular flexibility index (Phi) is 5.17. The first kappa shape index (κ1) is 15.0. The van der Waals surface area contributed by atoms with Crippen molar-refractivity contribution in [3.8, 4) is 0 Å². The van der Waals surface area contributed by atoms with Gasteiger partial charge < -0.3 is 5.11 Å². The van der Waals surface area contributed by atoms with Crippen molar-refractivity contribution >= 4 is 27.8 Å². The molecule has 3 N–H and O–H groups in total. The molecule has 0 aliphatic rings. The number of carbonyl (C=O) groups is 1. The highest BCUT2D eigenvalue weighted by Gasteiger charge is 2.24. The third kappa shape index (κ3) is 3.72. The van der Waals surface area contributed by atoms with Crippen LogP contribution < -0.4 is 4.72 Å². The molecule has 0 aliphatic heterocycles. The number of rotatable bonds is 7. The number of hydrogen-bond acceptors (Lipinski definition) is 5. The molecule has 0 radical (unpaired) electrons. The monoisotopic (exact) mass is 293 g/mol. The lowest BCUT2D eigenvalue weighted by atomic mass is 10.3. The van der Waals surface area contributed by atoms with E-state index in [-0.39, 0.29) is 12.1 Å². The zero-order valence-electron chi connectivity index (χ0n) is 10.0. The number of sulfonamides is 1. The van der Waals surface area contributed by atoms with Gasteiger partial charge in [0.1, 0.15) is 5.56 Å². The fourth-order valence-electron chi connectivity index (χ4n) is 1.22. The predicted octanol–water partition coefficient (Wildman–Crippen LogP) is 0.528. The minimum absolute atomic E-state index is 0.252. The molecule has 0 fully saturated rings. The second kappa shape index (κ2) is 6.21. The topological polar surface area (TPSA) is 112 Å². The number of H-pyrrole nitrogens is 1. The molecule has 7 nitrogen and oxygen atoms in total. The van der Waals surface area contributed by atoms with Crippen LogP contribution in [0.1, 0.15) is 23.7 Å². The number of thioether (sulfide) groups is 1. The lowest BCUT2D eigenvalue weighted by Gasteiger charge is -2.09. The van der Waals surface area contributed by atoms with E-state index in [9.17, 15) is 13.2 Å². The fourth-order valence-corrected chi connectivity index (χ4v) is 2.70. The maximum atomic E-state index is 11.8. The Balaban J connectivity index is 2.75. The van der Waals surface area contributed by atoms with Gasteiger partial charge in [0.15, 0.2) is 5.03 Å². The molecule has 0 amide bonds. The molecule has 0 aromatic carbocycles. The van der Waals surface area contributed by atoms with E-state index in [2.05, 4.69) is 14.9 Å². The Morgan fingerprint density at radius 2 is 2.33 bits per heavy atom. The Bertz CT molecular complexity index is 512. The standard InChI is InChI=1S/C9H15N3O4S2/c1-6(17-2)3-4-11-18(15,16)8-7(9(13)14)5-10-12-8/h5-6,11H,3-4H2,1-2H3,(H,10,12)(H,13,14). The van der Waals surface area contributed by atoms with Gasteiger partial charge in [-0.3, -0.25) is 5.10 Å². The van der Waals surface area contributed by atoms with Gasteiger partial charge in [-0.2, -0.15) is 16.9 Å². The third-order valence-corrected chi connectivity index (χ3v) is 4.82. The van der Waals surface area contributed by atoms with Gasteiger partial charge in [0.25, 0.3) is 10.0 Å². The van der Waals surface area contributed by atoms with Crippen molar-refractivity contribution in [3.05, 3.63) is 11.8 Å². The predicted molar refractivity (Wildman–Crippen MR) is 68.3 cm³/mol. The molecule has 9 heteroatoms. The molecule has 0 bridgehead atoms. The summed E-state index contributed by atoms with van der Waals surface area (Å²) in [6.45, 7) is 2.24.